The molecule has 2 unspecified atom stereocenters. The average Bonchev–Trinajstić information content (AvgIpc) is 3.92. The lowest BCUT2D eigenvalue weighted by Crippen LogP contribution is -2.57. The number of carbonyl (C=O) groups is 15. The second-order valence-electron chi connectivity index (χ2n) is 19.4. The molecule has 0 aromatic rings. The van der Waals surface area contributed by atoms with Crippen molar-refractivity contribution in [2.45, 2.75) is 74.8 Å². The molecule has 0 aromatic heterocycles. The summed E-state index contributed by atoms with van der Waals surface area (Å²) in [5, 5.41) is 106. The molecule has 0 aliphatic heterocycles. The van der Waals surface area contributed by atoms with Crippen molar-refractivity contribution in [2.75, 3.05) is 124 Å². The Balaban J connectivity index is 3.03. The maximum Gasteiger partial charge on any atom is 0.320 e. The van der Waals surface area contributed by atoms with E-state index in [0.29, 0.717) is 12.8 Å². The quantitative estimate of drug-likeness (QED) is 0.0252. The predicted molar refractivity (Wildman–Crippen MR) is 279 cm³/mol. The van der Waals surface area contributed by atoms with E-state index in [-0.39, 0.29) is 52.4 Å². The second-order valence-corrected chi connectivity index (χ2v) is 19.4. The monoisotopic (exact) mass is 1210 g/mol. The van der Waals surface area contributed by atoms with Crippen molar-refractivity contribution in [3.05, 3.63) is 0 Å². The van der Waals surface area contributed by atoms with Crippen molar-refractivity contribution in [2.24, 2.45) is 11.5 Å². The zero-order valence-electron chi connectivity index (χ0n) is 45.6. The Morgan fingerprint density at radius 1 is 0.405 bits per heavy atom. The Hall–Kier alpha value is -8.27. The fourth-order valence-corrected chi connectivity index (χ4v) is 7.98. The van der Waals surface area contributed by atoms with Gasteiger partial charge in [0.15, 0.2) is 0 Å². The van der Waals surface area contributed by atoms with E-state index in [9.17, 15) is 123 Å². The molecule has 0 spiro atoms. The number of carbonyl (C=O) groups excluding carboxylic acids is 5. The van der Waals surface area contributed by atoms with Gasteiger partial charge >= 0.3 is 59.7 Å². The number of nitrogens with one attached hydrogen (secondary N) is 5. The fourth-order valence-electron chi connectivity index (χ4n) is 7.98. The number of carboxylic acid groups (broad SMARTS) is 10. The van der Waals surface area contributed by atoms with E-state index in [2.05, 4.69) is 26.6 Å². The highest BCUT2D eigenvalue weighted by atomic mass is 16.4. The van der Waals surface area contributed by atoms with Crippen LogP contribution in [0.1, 0.15) is 44.9 Å². The summed E-state index contributed by atoms with van der Waals surface area (Å²) in [7, 11) is 0. The number of amides is 5. The number of hydrogen-bond donors (Lipinski definition) is 17. The molecule has 1 rings (SSSR count). The lowest BCUT2D eigenvalue weighted by atomic mass is 10.1. The lowest BCUT2D eigenvalue weighted by Gasteiger charge is -2.32. The fraction of sp³-hybridized carbons (Fsp3) is 0.674. The summed E-state index contributed by atoms with van der Waals surface area (Å²) in [5.74, 6) is -18.6. The highest BCUT2D eigenvalue weighted by Crippen LogP contribution is 2.28. The van der Waals surface area contributed by atoms with Crippen LogP contribution in [0.3, 0.4) is 0 Å². The Morgan fingerprint density at radius 3 is 1.00 bits per heavy atom. The van der Waals surface area contributed by atoms with E-state index in [1.54, 1.807) is 0 Å². The molecule has 474 valence electrons. The molecule has 5 amide bonds. The minimum Gasteiger partial charge on any atom is -0.480 e. The first kappa shape index (κ1) is 73.7. The standard InChI is InChI=1S/C46H75N13O25/c47-27(17-50-31(60)3-1-29(44(81)82)58(13-9-54(19-34(63)64)20-35(65)66)14-10-55(21-36(67)68)22-37(69)70)42(79)49-8-5-33(62)52-28(43(80)53-46(48)6-7-46)18-51-32(61)4-2-30(45(83)84)59(15-11-56(23-38(71)72)24-39(73)74)16-12-57(25-40(75)76)26-41(77)78/h27-30H,1-26,47-48H2,(H,49,79)(H,50,60)(H,51,61)(H,52,62)(H,53,80)(H,63,64)(H,65,66)(H,67,68)(H,69,70)(H,71,72)(H,73,74)(H,75,76)(H,77,78)(H,81,82)(H,83,84)/t27?,28?,29-,30-/m0/s1. The molecule has 38 heteroatoms. The molecule has 1 aliphatic rings. The van der Waals surface area contributed by atoms with Crippen molar-refractivity contribution >= 4 is 89.2 Å². The van der Waals surface area contributed by atoms with E-state index in [4.69, 9.17) is 11.5 Å². The van der Waals surface area contributed by atoms with Gasteiger partial charge in [-0.15, -0.1) is 0 Å². The van der Waals surface area contributed by atoms with Crippen LogP contribution in [0.4, 0.5) is 0 Å². The first-order chi connectivity index (χ1) is 39.2. The van der Waals surface area contributed by atoms with Crippen molar-refractivity contribution in [3.8, 4) is 0 Å². The van der Waals surface area contributed by atoms with Crippen LogP contribution in [0.2, 0.25) is 0 Å². The van der Waals surface area contributed by atoms with Crippen molar-refractivity contribution in [3.63, 3.8) is 0 Å². The van der Waals surface area contributed by atoms with E-state index in [1.165, 1.54) is 9.80 Å². The number of hydrogen-bond acceptors (Lipinski definition) is 23. The maximum atomic E-state index is 13.3. The summed E-state index contributed by atoms with van der Waals surface area (Å²) in [4.78, 5) is 188. The van der Waals surface area contributed by atoms with Crippen LogP contribution in [-0.4, -0.2) is 324 Å². The number of rotatable bonds is 49. The zero-order valence-corrected chi connectivity index (χ0v) is 45.6. The third-order valence-corrected chi connectivity index (χ3v) is 12.2. The molecule has 0 heterocycles. The van der Waals surface area contributed by atoms with Crippen molar-refractivity contribution in [1.29, 1.82) is 0 Å². The summed E-state index contributed by atoms with van der Waals surface area (Å²) in [6.45, 7) is -10.4. The average molecular weight is 1210 g/mol. The molecule has 0 aromatic carbocycles. The SMILES string of the molecule is NC(CNC(=O)CC[C@@H](C(=O)O)N(CCN(CC(=O)O)CC(=O)O)CCN(CC(=O)O)CC(=O)O)C(=O)NCCC(=O)NC(CNC(=O)CC[C@@H](C(=O)O)N(CCN(CC(=O)O)CC(=O)O)CCN(CC(=O)O)CC(=O)O)C(=O)NC1(N)CC1. The van der Waals surface area contributed by atoms with Crippen LogP contribution in [-0.2, 0) is 71.9 Å². The van der Waals surface area contributed by atoms with Crippen LogP contribution >= 0.6 is 0 Å². The Labute approximate surface area is 478 Å². The third kappa shape index (κ3) is 33.6. The zero-order chi connectivity index (χ0) is 63.9. The molecular weight excluding hydrogens is 1130 g/mol. The summed E-state index contributed by atoms with van der Waals surface area (Å²) < 4.78 is 0. The third-order valence-electron chi connectivity index (χ3n) is 12.2. The van der Waals surface area contributed by atoms with E-state index in [0.717, 1.165) is 19.6 Å². The highest BCUT2D eigenvalue weighted by Gasteiger charge is 2.41. The number of carboxylic acids is 10. The van der Waals surface area contributed by atoms with Gasteiger partial charge in [0.05, 0.1) is 58.0 Å². The molecule has 0 radical (unpaired) electrons. The normalized spacial score (nSPS) is 14.0. The number of nitrogens with zero attached hydrogens (tertiary/aromatic N) is 6. The van der Waals surface area contributed by atoms with Crippen LogP contribution in [0.5, 0.6) is 0 Å². The topological polar surface area (TPSA) is 590 Å². The largest absolute Gasteiger partial charge is 0.480 e. The highest BCUT2D eigenvalue weighted by molar-refractivity contribution is 5.90. The van der Waals surface area contributed by atoms with Crippen LogP contribution in [0.15, 0.2) is 0 Å². The Bertz CT molecular complexity index is 2200. The maximum absolute atomic E-state index is 13.3. The second kappa shape index (κ2) is 37.8. The van der Waals surface area contributed by atoms with Gasteiger partial charge in [0.2, 0.25) is 29.5 Å². The van der Waals surface area contributed by atoms with E-state index in [1.807, 2.05) is 0 Å². The van der Waals surface area contributed by atoms with Gasteiger partial charge in [-0.2, -0.15) is 0 Å². The molecule has 0 bridgehead atoms. The first-order valence-electron chi connectivity index (χ1n) is 25.7. The van der Waals surface area contributed by atoms with Crippen molar-refractivity contribution < 1.29 is 123 Å². The predicted octanol–water partition coefficient (Wildman–Crippen LogP) is -8.94. The Kier molecular flexibility index (Phi) is 33.1. The molecule has 19 N–H and O–H groups in total. The molecule has 0 saturated heterocycles. The lowest BCUT2D eigenvalue weighted by molar-refractivity contribution is -0.146. The smallest absolute Gasteiger partial charge is 0.320 e. The van der Waals surface area contributed by atoms with Gasteiger partial charge in [0, 0.05) is 91.3 Å². The molecule has 1 saturated carbocycles. The van der Waals surface area contributed by atoms with Gasteiger partial charge in [-0.25, -0.2) is 0 Å². The molecule has 4 atom stereocenters. The van der Waals surface area contributed by atoms with E-state index >= 15 is 0 Å². The van der Waals surface area contributed by atoms with Gasteiger partial charge < -0.3 is 89.1 Å². The van der Waals surface area contributed by atoms with Gasteiger partial charge in [0.25, 0.3) is 0 Å². The molecule has 1 aliphatic carbocycles. The number of aliphatic carboxylic acids is 10. The minimum atomic E-state index is -1.58. The van der Waals surface area contributed by atoms with Gasteiger partial charge in [-0.3, -0.25) is 101 Å². The van der Waals surface area contributed by atoms with E-state index < -0.39 is 223 Å². The summed E-state index contributed by atoms with van der Waals surface area (Å²) in [6.07, 6.45) is -1.83. The summed E-state index contributed by atoms with van der Waals surface area (Å²) in [5.41, 5.74) is 10.8. The Morgan fingerprint density at radius 2 is 0.714 bits per heavy atom. The van der Waals surface area contributed by atoms with Gasteiger partial charge in [-0.05, 0) is 25.7 Å². The number of nitrogens with two attached hydrogens (primary N) is 2. The summed E-state index contributed by atoms with van der Waals surface area (Å²) >= 11 is 0. The molecule has 38 nitrogen and oxygen atoms in total. The van der Waals surface area contributed by atoms with Crippen molar-refractivity contribution in [1.82, 2.24) is 56.0 Å². The first-order valence-corrected chi connectivity index (χ1v) is 25.7. The van der Waals surface area contributed by atoms with Crippen LogP contribution in [0, 0.1) is 0 Å². The molecule has 1 fully saturated rings. The van der Waals surface area contributed by atoms with Gasteiger partial charge in [0.1, 0.15) is 24.2 Å². The molecule has 84 heavy (non-hydrogen) atoms. The van der Waals surface area contributed by atoms with Crippen LogP contribution in [0.25, 0.3) is 0 Å². The van der Waals surface area contributed by atoms with Crippen LogP contribution < -0.4 is 38.1 Å². The summed E-state index contributed by atoms with van der Waals surface area (Å²) in [6, 6.07) is -6.10. The van der Waals surface area contributed by atoms with Gasteiger partial charge in [-0.1, -0.05) is 0 Å². The molecular formula is C46H75N13O25. The minimum absolute atomic E-state index is 0.337.